The van der Waals surface area contributed by atoms with E-state index >= 15 is 0 Å². The first-order chi connectivity index (χ1) is 11.7. The third-order valence-corrected chi connectivity index (χ3v) is 3.40. The second-order valence-electron chi connectivity index (χ2n) is 5.01. The third kappa shape index (κ3) is 3.22. The van der Waals surface area contributed by atoms with E-state index in [9.17, 15) is 14.0 Å². The Morgan fingerprint density at radius 1 is 0.917 bits per heavy atom. The minimum atomic E-state index is -0.793. The highest BCUT2D eigenvalue weighted by atomic mass is 19.1. The molecule has 2 aromatic heterocycles. The molecule has 1 aromatic carbocycles. The second-order valence-corrected chi connectivity index (χ2v) is 5.01. The third-order valence-electron chi connectivity index (χ3n) is 3.40. The number of benzene rings is 1. The number of aromatic nitrogens is 3. The molecule has 0 aliphatic carbocycles. The number of carbonyl (C=O) groups excluding carboxylic acids is 2. The molecular weight excluding hydrogens is 309 g/mol. The van der Waals surface area contributed by atoms with Crippen LogP contribution in [0.2, 0.25) is 0 Å². The average Bonchev–Trinajstić information content (AvgIpc) is 2.67. The Morgan fingerprint density at radius 3 is 2.42 bits per heavy atom. The zero-order chi connectivity index (χ0) is 16.9. The molecule has 0 fully saturated rings. The van der Waals surface area contributed by atoms with E-state index in [0.29, 0.717) is 0 Å². The number of pyridine rings is 1. The second kappa shape index (κ2) is 6.87. The van der Waals surface area contributed by atoms with Gasteiger partial charge in [0.1, 0.15) is 18.7 Å². The number of hydrogen-bond donors (Lipinski definition) is 0. The van der Waals surface area contributed by atoms with Gasteiger partial charge in [-0.25, -0.2) is 19.3 Å². The van der Waals surface area contributed by atoms with E-state index in [0.717, 1.165) is 11.1 Å². The molecule has 0 amide bonds. The molecule has 24 heavy (non-hydrogen) atoms. The zero-order valence-electron chi connectivity index (χ0n) is 12.5. The predicted octanol–water partition coefficient (Wildman–Crippen LogP) is 3.07. The number of carbonyl (C=O) groups is 2. The summed E-state index contributed by atoms with van der Waals surface area (Å²) in [5, 5.41) is 0. The summed E-state index contributed by atoms with van der Waals surface area (Å²) in [7, 11) is 0. The highest BCUT2D eigenvalue weighted by Crippen LogP contribution is 2.19. The number of halogens is 1. The van der Waals surface area contributed by atoms with Gasteiger partial charge in [-0.1, -0.05) is 24.3 Å². The lowest BCUT2D eigenvalue weighted by atomic mass is 10.0. The van der Waals surface area contributed by atoms with E-state index < -0.39 is 18.2 Å². The van der Waals surface area contributed by atoms with Crippen molar-refractivity contribution in [2.45, 2.75) is 6.67 Å². The van der Waals surface area contributed by atoms with Gasteiger partial charge in [-0.2, -0.15) is 0 Å². The van der Waals surface area contributed by atoms with E-state index in [1.807, 2.05) is 0 Å². The van der Waals surface area contributed by atoms with Crippen LogP contribution in [-0.2, 0) is 6.67 Å². The molecule has 6 heteroatoms. The Hall–Kier alpha value is -3.28. The van der Waals surface area contributed by atoms with Crippen LogP contribution in [0.4, 0.5) is 4.39 Å². The van der Waals surface area contributed by atoms with Gasteiger partial charge in [0.25, 0.3) is 5.78 Å². The normalized spacial score (nSPS) is 10.4. The molecule has 0 atom stereocenters. The SMILES string of the molecule is O=C(C(=O)c1cccc(CF)n1)c1cccc(-c2cncnc2)c1. The topological polar surface area (TPSA) is 72.8 Å². The lowest BCUT2D eigenvalue weighted by Crippen LogP contribution is -2.16. The maximum Gasteiger partial charge on any atom is 0.251 e. The van der Waals surface area contributed by atoms with Crippen LogP contribution in [0.1, 0.15) is 26.5 Å². The summed E-state index contributed by atoms with van der Waals surface area (Å²) < 4.78 is 12.7. The lowest BCUT2D eigenvalue weighted by Gasteiger charge is -2.04. The van der Waals surface area contributed by atoms with Crippen molar-refractivity contribution in [1.82, 2.24) is 15.0 Å². The molecule has 0 radical (unpaired) electrons. The van der Waals surface area contributed by atoms with Crippen LogP contribution in [0.25, 0.3) is 11.1 Å². The molecule has 0 N–H and O–H groups in total. The van der Waals surface area contributed by atoms with Crippen molar-refractivity contribution in [3.05, 3.63) is 78.1 Å². The Labute approximate surface area is 137 Å². The van der Waals surface area contributed by atoms with Crippen LogP contribution < -0.4 is 0 Å². The molecule has 0 saturated heterocycles. The fraction of sp³-hybridized carbons (Fsp3) is 0.0556. The Morgan fingerprint density at radius 2 is 1.67 bits per heavy atom. The molecule has 0 aliphatic rings. The van der Waals surface area contributed by atoms with Gasteiger partial charge >= 0.3 is 0 Å². The van der Waals surface area contributed by atoms with Crippen LogP contribution in [0, 0.1) is 0 Å². The first-order valence-corrected chi connectivity index (χ1v) is 7.15. The molecule has 0 saturated carbocycles. The lowest BCUT2D eigenvalue weighted by molar-refractivity contribution is 0.0814. The summed E-state index contributed by atoms with van der Waals surface area (Å²) in [6.07, 6.45) is 4.64. The summed E-state index contributed by atoms with van der Waals surface area (Å²) in [5.41, 5.74) is 1.73. The van der Waals surface area contributed by atoms with Crippen LogP contribution >= 0.6 is 0 Å². The van der Waals surface area contributed by atoms with Gasteiger partial charge in [0.2, 0.25) is 5.78 Å². The molecule has 3 rings (SSSR count). The number of alkyl halides is 1. The molecule has 118 valence electrons. The van der Waals surface area contributed by atoms with Crippen molar-refractivity contribution >= 4 is 11.6 Å². The number of nitrogens with zero attached hydrogens (tertiary/aromatic N) is 3. The molecule has 2 heterocycles. The smallest absolute Gasteiger partial charge is 0.251 e. The van der Waals surface area contributed by atoms with Crippen LogP contribution in [0.5, 0.6) is 0 Å². The van der Waals surface area contributed by atoms with Crippen molar-refractivity contribution in [2.75, 3.05) is 0 Å². The summed E-state index contributed by atoms with van der Waals surface area (Å²) in [5.74, 6) is -1.47. The van der Waals surface area contributed by atoms with Gasteiger partial charge in [-0.05, 0) is 23.8 Å². The molecule has 5 nitrogen and oxygen atoms in total. The Balaban J connectivity index is 1.91. The Kier molecular flexibility index (Phi) is 4.47. The highest BCUT2D eigenvalue weighted by Gasteiger charge is 2.20. The average molecular weight is 321 g/mol. The maximum absolute atomic E-state index is 12.7. The highest BCUT2D eigenvalue weighted by molar-refractivity contribution is 6.48. The monoisotopic (exact) mass is 321 g/mol. The fourth-order valence-electron chi connectivity index (χ4n) is 2.22. The largest absolute Gasteiger partial charge is 0.285 e. The first-order valence-electron chi connectivity index (χ1n) is 7.15. The maximum atomic E-state index is 12.7. The minimum absolute atomic E-state index is 0.0661. The summed E-state index contributed by atoms with van der Waals surface area (Å²) >= 11 is 0. The summed E-state index contributed by atoms with van der Waals surface area (Å²) in [6, 6.07) is 11.0. The van der Waals surface area contributed by atoms with E-state index in [1.165, 1.54) is 24.5 Å². The van der Waals surface area contributed by atoms with Crippen molar-refractivity contribution in [1.29, 1.82) is 0 Å². The summed E-state index contributed by atoms with van der Waals surface area (Å²) in [6.45, 7) is -0.793. The van der Waals surface area contributed by atoms with Crippen molar-refractivity contribution < 1.29 is 14.0 Å². The summed E-state index contributed by atoms with van der Waals surface area (Å²) in [4.78, 5) is 36.4. The predicted molar refractivity (Wildman–Crippen MR) is 85.2 cm³/mol. The number of rotatable bonds is 5. The number of Topliss-reactive ketones (excluding diaryl/α,β-unsaturated/α-hetero) is 2. The van der Waals surface area contributed by atoms with Gasteiger partial charge in [0.15, 0.2) is 0 Å². The van der Waals surface area contributed by atoms with E-state index in [4.69, 9.17) is 0 Å². The standard InChI is InChI=1S/C18H12FN3O2/c19-8-15-5-2-6-16(22-15)18(24)17(23)13-4-1-3-12(7-13)14-9-20-11-21-10-14/h1-7,9-11H,8H2. The molecule has 0 spiro atoms. The zero-order valence-corrected chi connectivity index (χ0v) is 12.5. The van der Waals surface area contributed by atoms with Gasteiger partial charge in [-0.15, -0.1) is 0 Å². The number of hydrogen-bond acceptors (Lipinski definition) is 5. The van der Waals surface area contributed by atoms with Crippen LogP contribution in [-0.4, -0.2) is 26.5 Å². The van der Waals surface area contributed by atoms with Gasteiger partial charge in [0, 0.05) is 23.5 Å². The Bertz CT molecular complexity index is 898. The van der Waals surface area contributed by atoms with Gasteiger partial charge in [-0.3, -0.25) is 9.59 Å². The van der Waals surface area contributed by atoms with Crippen molar-refractivity contribution in [3.63, 3.8) is 0 Å². The molecular formula is C18H12FN3O2. The van der Waals surface area contributed by atoms with Crippen LogP contribution in [0.15, 0.2) is 61.2 Å². The van der Waals surface area contributed by atoms with E-state index in [-0.39, 0.29) is 17.0 Å². The van der Waals surface area contributed by atoms with E-state index in [1.54, 1.807) is 36.7 Å². The van der Waals surface area contributed by atoms with Crippen molar-refractivity contribution in [3.8, 4) is 11.1 Å². The molecule has 0 unspecified atom stereocenters. The van der Waals surface area contributed by atoms with Gasteiger partial charge in [0.05, 0.1) is 5.69 Å². The van der Waals surface area contributed by atoms with Gasteiger partial charge < -0.3 is 0 Å². The minimum Gasteiger partial charge on any atom is -0.285 e. The fourth-order valence-corrected chi connectivity index (χ4v) is 2.22. The van der Waals surface area contributed by atoms with Crippen LogP contribution in [0.3, 0.4) is 0 Å². The van der Waals surface area contributed by atoms with Crippen molar-refractivity contribution in [2.24, 2.45) is 0 Å². The number of ketones is 2. The van der Waals surface area contributed by atoms with E-state index in [2.05, 4.69) is 15.0 Å². The quantitative estimate of drug-likeness (QED) is 0.533. The molecule has 3 aromatic rings. The molecule has 0 aliphatic heterocycles. The first kappa shape index (κ1) is 15.6. The molecule has 0 bridgehead atoms.